The number of sulfonamides is 1. The number of hydrogen-bond donors (Lipinski definition) is 2. The molecule has 0 amide bonds. The van der Waals surface area contributed by atoms with Crippen LogP contribution in [0, 0.1) is 5.82 Å². The molecule has 0 aliphatic rings. The van der Waals surface area contributed by atoms with Gasteiger partial charge in [-0.15, -0.1) is 0 Å². The van der Waals surface area contributed by atoms with Gasteiger partial charge in [0.2, 0.25) is 0 Å². The SMILES string of the molecule is O=S(=O)(Nc1ncc(Br)cc1F)c1c[nH]c(-c2ccccc2)c1. The number of nitrogens with zero attached hydrogens (tertiary/aromatic N) is 1. The molecule has 0 saturated heterocycles. The van der Waals surface area contributed by atoms with Gasteiger partial charge in [0, 0.05) is 22.6 Å². The topological polar surface area (TPSA) is 74.8 Å². The van der Waals surface area contributed by atoms with Crippen molar-refractivity contribution in [2.45, 2.75) is 4.90 Å². The quantitative estimate of drug-likeness (QED) is 0.705. The van der Waals surface area contributed by atoms with Crippen LogP contribution in [0.15, 0.2) is 64.2 Å². The standard InChI is InChI=1S/C15H11BrFN3O2S/c16-11-6-13(17)15(19-8-11)20-23(21,22)12-7-14(18-9-12)10-4-2-1-3-5-10/h1-9,18H,(H,19,20). The summed E-state index contributed by atoms with van der Waals surface area (Å²) in [4.78, 5) is 6.63. The number of pyridine rings is 1. The summed E-state index contributed by atoms with van der Waals surface area (Å²) >= 11 is 3.07. The smallest absolute Gasteiger partial charge is 0.264 e. The summed E-state index contributed by atoms with van der Waals surface area (Å²) in [5.74, 6) is -1.11. The molecular formula is C15H11BrFN3O2S. The molecule has 1 aromatic carbocycles. The van der Waals surface area contributed by atoms with E-state index in [0.717, 1.165) is 11.6 Å². The highest BCUT2D eigenvalue weighted by atomic mass is 79.9. The van der Waals surface area contributed by atoms with Gasteiger partial charge in [-0.3, -0.25) is 4.72 Å². The molecule has 0 unspecified atom stereocenters. The zero-order chi connectivity index (χ0) is 16.4. The monoisotopic (exact) mass is 395 g/mol. The second kappa shape index (κ2) is 6.13. The number of aromatic amines is 1. The molecule has 0 radical (unpaired) electrons. The van der Waals surface area contributed by atoms with Gasteiger partial charge in [0.1, 0.15) is 4.90 Å². The lowest BCUT2D eigenvalue weighted by atomic mass is 10.2. The van der Waals surface area contributed by atoms with Crippen LogP contribution in [0.3, 0.4) is 0 Å². The maximum Gasteiger partial charge on any atom is 0.264 e. The molecular weight excluding hydrogens is 385 g/mol. The number of hydrogen-bond acceptors (Lipinski definition) is 3. The molecule has 2 heterocycles. The third-order valence-electron chi connectivity index (χ3n) is 3.09. The first-order valence-electron chi connectivity index (χ1n) is 6.53. The number of benzene rings is 1. The van der Waals surface area contributed by atoms with Crippen LogP contribution in [0.2, 0.25) is 0 Å². The van der Waals surface area contributed by atoms with E-state index in [4.69, 9.17) is 0 Å². The first kappa shape index (κ1) is 15.7. The summed E-state index contributed by atoms with van der Waals surface area (Å²) in [6, 6.07) is 11.9. The van der Waals surface area contributed by atoms with Crippen LogP contribution in [-0.4, -0.2) is 18.4 Å². The molecule has 2 N–H and O–H groups in total. The van der Waals surface area contributed by atoms with Crippen molar-refractivity contribution in [2.75, 3.05) is 4.72 Å². The molecule has 0 aliphatic carbocycles. The second-order valence-electron chi connectivity index (χ2n) is 4.70. The molecule has 0 spiro atoms. The van der Waals surface area contributed by atoms with Gasteiger partial charge in [-0.25, -0.2) is 17.8 Å². The number of rotatable bonds is 4. The predicted octanol–water partition coefficient (Wildman–Crippen LogP) is 3.78. The molecule has 3 aromatic rings. The van der Waals surface area contributed by atoms with Crippen LogP contribution in [0.5, 0.6) is 0 Å². The summed E-state index contributed by atoms with van der Waals surface area (Å²) < 4.78 is 41.0. The normalized spacial score (nSPS) is 11.4. The molecule has 0 aliphatic heterocycles. The van der Waals surface area contributed by atoms with Crippen molar-refractivity contribution in [2.24, 2.45) is 0 Å². The molecule has 2 aromatic heterocycles. The molecule has 0 atom stereocenters. The Labute approximate surface area is 140 Å². The van der Waals surface area contributed by atoms with E-state index in [1.807, 2.05) is 30.3 Å². The van der Waals surface area contributed by atoms with Gasteiger partial charge in [0.05, 0.1) is 0 Å². The van der Waals surface area contributed by atoms with Gasteiger partial charge in [0.15, 0.2) is 11.6 Å². The fourth-order valence-electron chi connectivity index (χ4n) is 1.99. The van der Waals surface area contributed by atoms with Crippen LogP contribution in [0.25, 0.3) is 11.3 Å². The average Bonchev–Trinajstić information content (AvgIpc) is 3.02. The Hall–Kier alpha value is -2.19. The van der Waals surface area contributed by atoms with E-state index in [2.05, 4.69) is 30.6 Å². The Bertz CT molecular complexity index is 942. The lowest BCUT2D eigenvalue weighted by Gasteiger charge is -2.06. The van der Waals surface area contributed by atoms with Gasteiger partial charge < -0.3 is 4.98 Å². The third-order valence-corrected chi connectivity index (χ3v) is 4.84. The van der Waals surface area contributed by atoms with Crippen molar-refractivity contribution in [3.8, 4) is 11.3 Å². The average molecular weight is 396 g/mol. The molecule has 3 rings (SSSR count). The molecule has 8 heteroatoms. The van der Waals surface area contributed by atoms with Gasteiger partial charge in [-0.2, -0.15) is 0 Å². The van der Waals surface area contributed by atoms with Crippen LogP contribution in [0.1, 0.15) is 0 Å². The Morgan fingerprint density at radius 2 is 1.91 bits per heavy atom. The van der Waals surface area contributed by atoms with E-state index >= 15 is 0 Å². The van der Waals surface area contributed by atoms with Crippen LogP contribution in [0.4, 0.5) is 10.2 Å². The summed E-state index contributed by atoms with van der Waals surface area (Å²) in [6.07, 6.45) is 2.66. The highest BCUT2D eigenvalue weighted by Crippen LogP contribution is 2.24. The number of nitrogens with one attached hydrogen (secondary N) is 2. The Balaban J connectivity index is 1.90. The zero-order valence-corrected chi connectivity index (χ0v) is 14.0. The van der Waals surface area contributed by atoms with E-state index in [-0.39, 0.29) is 10.7 Å². The minimum atomic E-state index is -3.93. The van der Waals surface area contributed by atoms with Gasteiger partial charge >= 0.3 is 0 Å². The largest absolute Gasteiger partial charge is 0.360 e. The first-order chi connectivity index (χ1) is 11.0. The molecule has 0 fully saturated rings. The van der Waals surface area contributed by atoms with E-state index in [0.29, 0.717) is 10.2 Å². The van der Waals surface area contributed by atoms with Crippen LogP contribution >= 0.6 is 15.9 Å². The zero-order valence-electron chi connectivity index (χ0n) is 11.6. The van der Waals surface area contributed by atoms with Crippen molar-refractivity contribution in [3.05, 3.63) is 65.1 Å². The second-order valence-corrected chi connectivity index (χ2v) is 7.30. The van der Waals surface area contributed by atoms with Crippen molar-refractivity contribution in [1.29, 1.82) is 0 Å². The summed E-state index contributed by atoms with van der Waals surface area (Å²) in [7, 11) is -3.93. The fourth-order valence-corrected chi connectivity index (χ4v) is 3.30. The van der Waals surface area contributed by atoms with Crippen molar-refractivity contribution in [3.63, 3.8) is 0 Å². The molecule has 5 nitrogen and oxygen atoms in total. The van der Waals surface area contributed by atoms with E-state index in [9.17, 15) is 12.8 Å². The summed E-state index contributed by atoms with van der Waals surface area (Å²) in [5.41, 5.74) is 1.50. The minimum Gasteiger partial charge on any atom is -0.360 e. The van der Waals surface area contributed by atoms with E-state index in [1.54, 1.807) is 0 Å². The molecule has 0 bridgehead atoms. The minimum absolute atomic E-state index is 0.000437. The van der Waals surface area contributed by atoms with Gasteiger partial charge in [0.25, 0.3) is 10.0 Å². The van der Waals surface area contributed by atoms with E-state index in [1.165, 1.54) is 18.5 Å². The number of aromatic nitrogens is 2. The lowest BCUT2D eigenvalue weighted by Crippen LogP contribution is -2.14. The number of anilines is 1. The predicted molar refractivity (Wildman–Crippen MR) is 88.9 cm³/mol. The van der Waals surface area contributed by atoms with Gasteiger partial charge in [-0.1, -0.05) is 30.3 Å². The summed E-state index contributed by atoms with van der Waals surface area (Å²) in [5, 5.41) is 0. The molecule has 0 saturated carbocycles. The Morgan fingerprint density at radius 1 is 1.17 bits per heavy atom. The highest BCUT2D eigenvalue weighted by molar-refractivity contribution is 9.10. The van der Waals surface area contributed by atoms with Crippen molar-refractivity contribution in [1.82, 2.24) is 9.97 Å². The first-order valence-corrected chi connectivity index (χ1v) is 8.81. The Kier molecular flexibility index (Phi) is 4.18. The Morgan fingerprint density at radius 3 is 2.61 bits per heavy atom. The molecule has 23 heavy (non-hydrogen) atoms. The number of halogens is 2. The van der Waals surface area contributed by atoms with Crippen LogP contribution in [-0.2, 0) is 10.0 Å². The van der Waals surface area contributed by atoms with Gasteiger partial charge in [-0.05, 0) is 33.6 Å². The fraction of sp³-hybridized carbons (Fsp3) is 0. The number of H-pyrrole nitrogens is 1. The summed E-state index contributed by atoms with van der Waals surface area (Å²) in [6.45, 7) is 0. The molecule has 118 valence electrons. The highest BCUT2D eigenvalue weighted by Gasteiger charge is 2.19. The lowest BCUT2D eigenvalue weighted by molar-refractivity contribution is 0.597. The van der Waals surface area contributed by atoms with E-state index < -0.39 is 15.8 Å². The maximum atomic E-state index is 13.7. The maximum absolute atomic E-state index is 13.7. The van der Waals surface area contributed by atoms with Crippen LogP contribution < -0.4 is 4.72 Å². The van der Waals surface area contributed by atoms with Crippen molar-refractivity contribution < 1.29 is 12.8 Å². The van der Waals surface area contributed by atoms with Crippen molar-refractivity contribution >= 4 is 31.8 Å². The third kappa shape index (κ3) is 3.43.